The summed E-state index contributed by atoms with van der Waals surface area (Å²) < 4.78 is 12.2. The lowest BCUT2D eigenvalue weighted by Gasteiger charge is -2.06. The monoisotopic (exact) mass is 323 g/mol. The Kier molecular flexibility index (Phi) is 6.58. The minimum Gasteiger partial charge on any atom is -0.312 e. The molecule has 0 aromatic heterocycles. The largest absolute Gasteiger partial charge is 0.312 e. The van der Waals surface area contributed by atoms with Gasteiger partial charge in [-0.1, -0.05) is 40.5 Å². The molecule has 0 spiro atoms. The predicted molar refractivity (Wildman–Crippen MR) is 74.4 cm³/mol. The first-order valence-electron chi connectivity index (χ1n) is 5.13. The molecular weight excluding hydrogens is 310 g/mol. The lowest BCUT2D eigenvalue weighted by Crippen LogP contribution is -2.20. The highest BCUT2D eigenvalue weighted by atomic mass is 79.9. The second kappa shape index (κ2) is 7.43. The van der Waals surface area contributed by atoms with Gasteiger partial charge in [0.25, 0.3) is 0 Å². The number of hydrogen-bond donors (Lipinski definition) is 1. The second-order valence-corrected chi connectivity index (χ2v) is 6.50. The third-order valence-corrected chi connectivity index (χ3v) is 4.44. The van der Waals surface area contributed by atoms with E-state index in [2.05, 4.69) is 21.2 Å². The summed E-state index contributed by atoms with van der Waals surface area (Å²) in [6.07, 6.45) is 0. The highest BCUT2D eigenvalue weighted by Crippen LogP contribution is 2.21. The van der Waals surface area contributed by atoms with Crippen molar-refractivity contribution in [1.82, 2.24) is 5.32 Å². The molecule has 1 unspecified atom stereocenters. The van der Waals surface area contributed by atoms with Gasteiger partial charge in [-0.15, -0.1) is 0 Å². The van der Waals surface area contributed by atoms with Crippen LogP contribution in [0.5, 0.6) is 0 Å². The maximum Gasteiger partial charge on any atom is 0.0417 e. The van der Waals surface area contributed by atoms with E-state index < -0.39 is 10.8 Å². The summed E-state index contributed by atoms with van der Waals surface area (Å²) >= 11 is 9.31. The van der Waals surface area contributed by atoms with E-state index in [0.29, 0.717) is 5.75 Å². The van der Waals surface area contributed by atoms with E-state index in [9.17, 15) is 4.21 Å². The van der Waals surface area contributed by atoms with Gasteiger partial charge in [0.2, 0.25) is 0 Å². The molecule has 0 aliphatic carbocycles. The van der Waals surface area contributed by atoms with E-state index in [1.54, 1.807) is 0 Å². The zero-order chi connectivity index (χ0) is 12.0. The topological polar surface area (TPSA) is 29.1 Å². The van der Waals surface area contributed by atoms with E-state index in [1.165, 1.54) is 0 Å². The molecule has 0 aliphatic rings. The number of benzene rings is 1. The molecule has 0 heterocycles. The summed E-state index contributed by atoms with van der Waals surface area (Å²) in [4.78, 5) is 0. The molecule has 0 bridgehead atoms. The zero-order valence-corrected chi connectivity index (χ0v) is 12.3. The van der Waals surface area contributed by atoms with Crippen molar-refractivity contribution in [1.29, 1.82) is 0 Å². The molecule has 0 fully saturated rings. The van der Waals surface area contributed by atoms with Crippen LogP contribution in [0.25, 0.3) is 0 Å². The highest BCUT2D eigenvalue weighted by molar-refractivity contribution is 9.10. The van der Waals surface area contributed by atoms with Crippen LogP contribution in [0.15, 0.2) is 22.7 Å². The average molecular weight is 325 g/mol. The molecule has 2 nitrogen and oxygen atoms in total. The van der Waals surface area contributed by atoms with Crippen molar-refractivity contribution < 1.29 is 4.21 Å². The fourth-order valence-corrected chi connectivity index (χ4v) is 2.70. The summed E-state index contributed by atoms with van der Waals surface area (Å²) in [5.41, 5.74) is 1.16. The van der Waals surface area contributed by atoms with E-state index in [-0.39, 0.29) is 0 Å². The Bertz CT molecular complexity index is 373. The maximum absolute atomic E-state index is 11.2. The lowest BCUT2D eigenvalue weighted by molar-refractivity contribution is 0.673. The van der Waals surface area contributed by atoms with Crippen molar-refractivity contribution in [2.75, 3.05) is 18.1 Å². The number of rotatable bonds is 6. The fourth-order valence-electron chi connectivity index (χ4n) is 1.22. The minimum absolute atomic E-state index is 0.689. The van der Waals surface area contributed by atoms with E-state index >= 15 is 0 Å². The molecule has 0 amide bonds. The van der Waals surface area contributed by atoms with Gasteiger partial charge in [0.15, 0.2) is 0 Å². The summed E-state index contributed by atoms with van der Waals surface area (Å²) in [6, 6.07) is 5.73. The normalized spacial score (nSPS) is 12.7. The Morgan fingerprint density at radius 2 is 2.25 bits per heavy atom. The van der Waals surface area contributed by atoms with Gasteiger partial charge >= 0.3 is 0 Å². The van der Waals surface area contributed by atoms with Crippen molar-refractivity contribution in [3.63, 3.8) is 0 Å². The molecule has 0 saturated heterocycles. The second-order valence-electron chi connectivity index (χ2n) is 3.35. The Morgan fingerprint density at radius 3 is 2.88 bits per heavy atom. The molecule has 1 rings (SSSR count). The molecule has 0 aliphatic heterocycles. The fraction of sp³-hybridized carbons (Fsp3) is 0.455. The molecule has 0 radical (unpaired) electrons. The van der Waals surface area contributed by atoms with Crippen molar-refractivity contribution in [3.8, 4) is 0 Å². The SMILES string of the molecule is CCS(=O)CCNCc1ccc(Cl)cc1Br. The van der Waals surface area contributed by atoms with E-state index in [1.807, 2.05) is 25.1 Å². The summed E-state index contributed by atoms with van der Waals surface area (Å²) in [7, 11) is -0.689. The standard InChI is InChI=1S/C11H15BrClNOS/c1-2-16(15)6-5-14-8-9-3-4-10(13)7-11(9)12/h3-4,7,14H,2,5-6,8H2,1H3. The predicted octanol–water partition coefficient (Wildman–Crippen LogP) is 2.96. The van der Waals surface area contributed by atoms with Gasteiger partial charge in [0.05, 0.1) is 0 Å². The molecular formula is C11H15BrClNOS. The van der Waals surface area contributed by atoms with Crippen molar-refractivity contribution in [3.05, 3.63) is 33.3 Å². The van der Waals surface area contributed by atoms with Crippen LogP contribution in [-0.4, -0.2) is 22.3 Å². The van der Waals surface area contributed by atoms with Crippen molar-refractivity contribution in [2.24, 2.45) is 0 Å². The Morgan fingerprint density at radius 1 is 1.50 bits per heavy atom. The smallest absolute Gasteiger partial charge is 0.0417 e. The van der Waals surface area contributed by atoms with Crippen molar-refractivity contribution >= 4 is 38.3 Å². The number of halogens is 2. The molecule has 16 heavy (non-hydrogen) atoms. The minimum atomic E-state index is -0.689. The van der Waals surface area contributed by atoms with E-state index in [4.69, 9.17) is 11.6 Å². The molecule has 0 saturated carbocycles. The molecule has 1 atom stereocenters. The van der Waals surface area contributed by atoms with Gasteiger partial charge in [-0.25, -0.2) is 0 Å². The quantitative estimate of drug-likeness (QED) is 0.815. The Hall–Kier alpha value is 0.1000. The molecule has 5 heteroatoms. The maximum atomic E-state index is 11.2. The van der Waals surface area contributed by atoms with Crippen LogP contribution >= 0.6 is 27.5 Å². The Balaban J connectivity index is 2.35. The van der Waals surface area contributed by atoms with Crippen LogP contribution < -0.4 is 5.32 Å². The third-order valence-electron chi connectivity index (χ3n) is 2.16. The number of nitrogens with one attached hydrogen (secondary N) is 1. The van der Waals surface area contributed by atoms with Crippen LogP contribution in [0, 0.1) is 0 Å². The van der Waals surface area contributed by atoms with Crippen LogP contribution in [0.2, 0.25) is 5.02 Å². The third kappa shape index (κ3) is 4.95. The van der Waals surface area contributed by atoms with Gasteiger partial charge in [-0.2, -0.15) is 0 Å². The first kappa shape index (κ1) is 14.2. The Labute approximate surface area is 112 Å². The summed E-state index contributed by atoms with van der Waals surface area (Å²) in [6.45, 7) is 3.47. The van der Waals surface area contributed by atoms with E-state index in [0.717, 1.165) is 33.9 Å². The molecule has 1 aromatic rings. The van der Waals surface area contributed by atoms with Gasteiger partial charge < -0.3 is 5.32 Å². The van der Waals surface area contributed by atoms with Gasteiger partial charge in [-0.3, -0.25) is 4.21 Å². The van der Waals surface area contributed by atoms with Crippen LogP contribution in [0.3, 0.4) is 0 Å². The van der Waals surface area contributed by atoms with Gasteiger partial charge in [0, 0.05) is 44.9 Å². The molecule has 1 aromatic carbocycles. The highest BCUT2D eigenvalue weighted by Gasteiger charge is 2.01. The number of hydrogen-bond acceptors (Lipinski definition) is 2. The van der Waals surface area contributed by atoms with Crippen molar-refractivity contribution in [2.45, 2.75) is 13.5 Å². The van der Waals surface area contributed by atoms with Gasteiger partial charge in [-0.05, 0) is 17.7 Å². The van der Waals surface area contributed by atoms with Crippen LogP contribution in [-0.2, 0) is 17.3 Å². The van der Waals surface area contributed by atoms with Gasteiger partial charge in [0.1, 0.15) is 0 Å². The molecule has 90 valence electrons. The lowest BCUT2D eigenvalue weighted by atomic mass is 10.2. The average Bonchev–Trinajstić information content (AvgIpc) is 2.26. The first-order valence-corrected chi connectivity index (χ1v) is 7.79. The van der Waals surface area contributed by atoms with Crippen LogP contribution in [0.4, 0.5) is 0 Å². The molecule has 1 N–H and O–H groups in total. The first-order chi connectivity index (χ1) is 7.63. The van der Waals surface area contributed by atoms with Crippen LogP contribution in [0.1, 0.15) is 12.5 Å². The zero-order valence-electron chi connectivity index (χ0n) is 9.13. The summed E-state index contributed by atoms with van der Waals surface area (Å²) in [5.74, 6) is 1.44. The summed E-state index contributed by atoms with van der Waals surface area (Å²) in [5, 5.41) is 3.99.